The van der Waals surface area contributed by atoms with Gasteiger partial charge < -0.3 is 9.47 Å². The fraction of sp³-hybridized carbons (Fsp3) is 0.476. The molecule has 0 fully saturated rings. The van der Waals surface area contributed by atoms with Gasteiger partial charge in [-0.2, -0.15) is 0 Å². The van der Waals surface area contributed by atoms with Gasteiger partial charge in [0.15, 0.2) is 11.2 Å². The number of carbonyl (C=O) groups excluding carboxylic acids is 3. The molecule has 5 nitrogen and oxygen atoms in total. The number of benzene rings is 1. The Bertz CT molecular complexity index is 741. The van der Waals surface area contributed by atoms with E-state index in [-0.39, 0.29) is 30.8 Å². The van der Waals surface area contributed by atoms with E-state index in [4.69, 9.17) is 9.47 Å². The van der Waals surface area contributed by atoms with Gasteiger partial charge in [-0.15, -0.1) is 0 Å². The summed E-state index contributed by atoms with van der Waals surface area (Å²) in [5.74, 6) is -1.52. The molecule has 0 spiro atoms. The van der Waals surface area contributed by atoms with Gasteiger partial charge in [0.25, 0.3) is 0 Å². The molecular formula is C21H26O5. The first-order valence-corrected chi connectivity index (χ1v) is 8.82. The Hall–Kier alpha value is -2.43. The Morgan fingerprint density at radius 1 is 1.23 bits per heavy atom. The minimum Gasteiger partial charge on any atom is -0.466 e. The molecule has 1 aromatic rings. The van der Waals surface area contributed by atoms with Crippen LogP contribution in [0.5, 0.6) is 0 Å². The fourth-order valence-corrected chi connectivity index (χ4v) is 3.20. The lowest BCUT2D eigenvalue weighted by Crippen LogP contribution is -2.48. The van der Waals surface area contributed by atoms with Crippen molar-refractivity contribution < 1.29 is 23.9 Å². The van der Waals surface area contributed by atoms with Gasteiger partial charge >= 0.3 is 11.9 Å². The van der Waals surface area contributed by atoms with Crippen LogP contribution in [0.15, 0.2) is 36.4 Å². The zero-order valence-electron chi connectivity index (χ0n) is 15.9. The smallest absolute Gasteiger partial charge is 0.324 e. The summed E-state index contributed by atoms with van der Waals surface area (Å²) in [6.07, 6.45) is 0.569. The van der Waals surface area contributed by atoms with Gasteiger partial charge in [-0.1, -0.05) is 30.8 Å². The molecule has 0 radical (unpaired) electrons. The maximum Gasteiger partial charge on any atom is 0.324 e. The summed E-state index contributed by atoms with van der Waals surface area (Å²) >= 11 is 0. The van der Waals surface area contributed by atoms with Gasteiger partial charge in [0, 0.05) is 5.56 Å². The lowest BCUT2D eigenvalue weighted by atomic mass is 9.65. The van der Waals surface area contributed by atoms with Crippen molar-refractivity contribution in [3.05, 3.63) is 47.5 Å². The number of ketones is 1. The molecule has 0 saturated heterocycles. The third-order valence-corrected chi connectivity index (χ3v) is 4.43. The number of hydrogen-bond acceptors (Lipinski definition) is 5. The van der Waals surface area contributed by atoms with Gasteiger partial charge in [0.05, 0.1) is 13.0 Å². The molecule has 0 heterocycles. The summed E-state index contributed by atoms with van der Waals surface area (Å²) in [6, 6.07) is 7.20. The van der Waals surface area contributed by atoms with Crippen molar-refractivity contribution >= 4 is 17.7 Å². The molecule has 1 aliphatic carbocycles. The van der Waals surface area contributed by atoms with Gasteiger partial charge in [-0.25, -0.2) is 0 Å². The highest BCUT2D eigenvalue weighted by Crippen LogP contribution is 2.44. The Kier molecular flexibility index (Phi) is 5.69. The Morgan fingerprint density at radius 2 is 1.88 bits per heavy atom. The lowest BCUT2D eigenvalue weighted by Gasteiger charge is -2.37. The van der Waals surface area contributed by atoms with E-state index in [0.29, 0.717) is 12.0 Å². The highest BCUT2D eigenvalue weighted by molar-refractivity contribution is 6.16. The van der Waals surface area contributed by atoms with E-state index in [1.54, 1.807) is 39.8 Å². The van der Waals surface area contributed by atoms with Gasteiger partial charge in [-0.05, 0) is 51.7 Å². The molecule has 1 atom stereocenters. The summed E-state index contributed by atoms with van der Waals surface area (Å²) in [6.45, 7) is 11.1. The molecule has 2 rings (SSSR count). The fourth-order valence-electron chi connectivity index (χ4n) is 3.20. The monoisotopic (exact) mass is 358 g/mol. The first kappa shape index (κ1) is 19.9. The third-order valence-electron chi connectivity index (χ3n) is 4.43. The zero-order chi connectivity index (χ0) is 19.5. The maximum atomic E-state index is 13.3. The first-order valence-electron chi connectivity index (χ1n) is 8.82. The summed E-state index contributed by atoms with van der Waals surface area (Å²) < 4.78 is 10.5. The Labute approximate surface area is 154 Å². The van der Waals surface area contributed by atoms with Gasteiger partial charge in [0.2, 0.25) is 0 Å². The number of fused-ring (bicyclic) bond motifs is 1. The predicted octanol–water partition coefficient (Wildman–Crippen LogP) is 3.65. The standard InChI is InChI=1S/C21H26O5/c1-6-25-17(22)13-14(2)21(19(24)26-20(3,4)5)12-11-15-9-7-8-10-16(15)18(21)23/h7-10H,2,6,11-13H2,1,3-5H3/t21-/m0/s1. The van der Waals surface area contributed by atoms with E-state index in [2.05, 4.69) is 6.58 Å². The van der Waals surface area contributed by atoms with E-state index >= 15 is 0 Å². The third kappa shape index (κ3) is 3.87. The van der Waals surface area contributed by atoms with Crippen molar-refractivity contribution in [1.82, 2.24) is 0 Å². The van der Waals surface area contributed by atoms with E-state index in [0.717, 1.165) is 5.56 Å². The van der Waals surface area contributed by atoms with Crippen LogP contribution in [0.3, 0.4) is 0 Å². The van der Waals surface area contributed by atoms with Gasteiger partial charge in [-0.3, -0.25) is 14.4 Å². The number of aryl methyl sites for hydroxylation is 1. The molecule has 140 valence electrons. The summed E-state index contributed by atoms with van der Waals surface area (Å²) in [4.78, 5) is 38.4. The second kappa shape index (κ2) is 7.44. The molecule has 0 aromatic heterocycles. The van der Waals surface area contributed by atoms with Crippen LogP contribution < -0.4 is 0 Å². The SMILES string of the molecule is C=C(CC(=O)OCC)[C@@]1(C(=O)OC(C)(C)C)CCc2ccccc2C1=O. The van der Waals surface area contributed by atoms with Crippen LogP contribution in [0.25, 0.3) is 0 Å². The van der Waals surface area contributed by atoms with Crippen molar-refractivity contribution in [3.8, 4) is 0 Å². The first-order chi connectivity index (χ1) is 12.1. The van der Waals surface area contributed by atoms with E-state index < -0.39 is 23.0 Å². The number of carbonyl (C=O) groups is 3. The number of Topliss-reactive ketones (excluding diaryl/α,β-unsaturated/α-hetero) is 1. The molecular weight excluding hydrogens is 332 g/mol. The van der Waals surface area contributed by atoms with Crippen LogP contribution in [0.1, 0.15) is 56.5 Å². The van der Waals surface area contributed by atoms with Crippen LogP contribution in [-0.2, 0) is 25.5 Å². The largest absolute Gasteiger partial charge is 0.466 e. The number of esters is 2. The Morgan fingerprint density at radius 3 is 2.50 bits per heavy atom. The number of hydrogen-bond donors (Lipinski definition) is 0. The van der Waals surface area contributed by atoms with Crippen molar-refractivity contribution in [2.45, 2.75) is 52.6 Å². The molecule has 0 bridgehead atoms. The van der Waals surface area contributed by atoms with Crippen LogP contribution in [0, 0.1) is 5.41 Å². The minimum atomic E-state index is -1.56. The number of ether oxygens (including phenoxy) is 2. The molecule has 1 aromatic carbocycles. The molecule has 1 aliphatic rings. The average Bonchev–Trinajstić information content (AvgIpc) is 2.54. The van der Waals surface area contributed by atoms with Crippen LogP contribution >= 0.6 is 0 Å². The molecule has 0 saturated carbocycles. The minimum absolute atomic E-state index is 0.193. The van der Waals surface area contributed by atoms with E-state index in [1.807, 2.05) is 12.1 Å². The molecule has 5 heteroatoms. The van der Waals surface area contributed by atoms with E-state index in [1.165, 1.54) is 0 Å². The van der Waals surface area contributed by atoms with Gasteiger partial charge in [0.1, 0.15) is 5.60 Å². The molecule has 0 unspecified atom stereocenters. The Balaban J connectivity index is 2.47. The van der Waals surface area contributed by atoms with E-state index in [9.17, 15) is 14.4 Å². The van der Waals surface area contributed by atoms with Crippen LogP contribution in [-0.4, -0.2) is 29.9 Å². The molecule has 0 aliphatic heterocycles. The zero-order valence-corrected chi connectivity index (χ0v) is 15.9. The van der Waals surface area contributed by atoms with Crippen LogP contribution in [0.4, 0.5) is 0 Å². The average molecular weight is 358 g/mol. The number of rotatable bonds is 5. The van der Waals surface area contributed by atoms with Crippen molar-refractivity contribution in [2.24, 2.45) is 5.41 Å². The van der Waals surface area contributed by atoms with Crippen molar-refractivity contribution in [1.29, 1.82) is 0 Å². The maximum absolute atomic E-state index is 13.3. The normalized spacial score (nSPS) is 19.5. The topological polar surface area (TPSA) is 69.7 Å². The van der Waals surface area contributed by atoms with Crippen molar-refractivity contribution in [3.63, 3.8) is 0 Å². The predicted molar refractivity (Wildman–Crippen MR) is 97.8 cm³/mol. The summed E-state index contributed by atoms with van der Waals surface area (Å²) in [5, 5.41) is 0. The second-order valence-electron chi connectivity index (χ2n) is 7.48. The highest BCUT2D eigenvalue weighted by Gasteiger charge is 2.53. The second-order valence-corrected chi connectivity index (χ2v) is 7.48. The van der Waals surface area contributed by atoms with Crippen molar-refractivity contribution in [2.75, 3.05) is 6.61 Å². The molecule has 0 N–H and O–H groups in total. The van der Waals surface area contributed by atoms with Crippen LogP contribution in [0.2, 0.25) is 0 Å². The summed E-state index contributed by atoms with van der Waals surface area (Å²) in [7, 11) is 0. The molecule has 26 heavy (non-hydrogen) atoms. The quantitative estimate of drug-likeness (QED) is 0.456. The molecule has 0 amide bonds. The summed E-state index contributed by atoms with van der Waals surface area (Å²) in [5.41, 5.74) is -0.722. The highest BCUT2D eigenvalue weighted by atomic mass is 16.6. The lowest BCUT2D eigenvalue weighted by molar-refractivity contribution is -0.163.